The summed E-state index contributed by atoms with van der Waals surface area (Å²) in [6, 6.07) is 0. The molecule has 0 N–H and O–H groups in total. The van der Waals surface area contributed by atoms with Crippen molar-refractivity contribution in [3.05, 3.63) is 29.7 Å². The summed E-state index contributed by atoms with van der Waals surface area (Å²) in [6.07, 6.45) is 4.98. The first-order chi connectivity index (χ1) is 14.9. The van der Waals surface area contributed by atoms with E-state index >= 15 is 0 Å². The van der Waals surface area contributed by atoms with E-state index in [9.17, 15) is 9.59 Å². The molecule has 166 valence electrons. The van der Waals surface area contributed by atoms with Gasteiger partial charge in [0.1, 0.15) is 6.42 Å². The van der Waals surface area contributed by atoms with E-state index in [2.05, 4.69) is 20.1 Å². The number of likely N-dealkylation sites (tertiary alicyclic amines) is 1. The minimum absolute atomic E-state index is 0.0603. The first kappa shape index (κ1) is 21.2. The van der Waals surface area contributed by atoms with Crippen molar-refractivity contribution >= 4 is 17.8 Å². The number of aromatic nitrogens is 4. The molecule has 4 rings (SSSR count). The monoisotopic (exact) mass is 428 g/mol. The van der Waals surface area contributed by atoms with Crippen LogP contribution < -0.4 is 4.90 Å². The second-order valence-electron chi connectivity index (χ2n) is 8.37. The van der Waals surface area contributed by atoms with Gasteiger partial charge in [0.25, 0.3) is 0 Å². The first-order valence-electron chi connectivity index (χ1n) is 10.7. The molecule has 0 aromatic carbocycles. The van der Waals surface area contributed by atoms with Crippen molar-refractivity contribution < 1.29 is 18.8 Å². The number of hydrogen-bond acceptors (Lipinski definition) is 9. The van der Waals surface area contributed by atoms with Crippen LogP contribution in [0.4, 0.5) is 5.95 Å². The number of esters is 1. The van der Waals surface area contributed by atoms with Gasteiger partial charge in [-0.15, -0.1) is 0 Å². The summed E-state index contributed by atoms with van der Waals surface area (Å²) in [5, 5.41) is 3.75. The summed E-state index contributed by atoms with van der Waals surface area (Å²) in [7, 11) is 0. The number of carbonyl (C=O) groups excluding carboxylic acids is 2. The Morgan fingerprint density at radius 3 is 2.71 bits per heavy atom. The number of nitrogens with zero attached hydrogens (tertiary/aromatic N) is 6. The Balaban J connectivity index is 1.56. The molecule has 0 bridgehead atoms. The van der Waals surface area contributed by atoms with E-state index in [1.165, 1.54) is 0 Å². The highest BCUT2D eigenvalue weighted by atomic mass is 16.5. The summed E-state index contributed by atoms with van der Waals surface area (Å²) in [6.45, 7) is 7.93. The predicted octanol–water partition coefficient (Wildman–Crippen LogP) is 1.33. The van der Waals surface area contributed by atoms with Crippen LogP contribution in [-0.2, 0) is 20.7 Å². The lowest BCUT2D eigenvalue weighted by Crippen LogP contribution is -2.44. The molecule has 0 radical (unpaired) electrons. The molecule has 2 fully saturated rings. The Labute approximate surface area is 181 Å². The maximum atomic E-state index is 13.1. The number of fused-ring (bicyclic) bond motifs is 1. The van der Waals surface area contributed by atoms with Gasteiger partial charge in [0, 0.05) is 44.5 Å². The molecule has 2 saturated heterocycles. The van der Waals surface area contributed by atoms with Crippen LogP contribution in [0.25, 0.3) is 0 Å². The zero-order valence-corrected chi connectivity index (χ0v) is 18.2. The van der Waals surface area contributed by atoms with Crippen LogP contribution in [0.2, 0.25) is 0 Å². The van der Waals surface area contributed by atoms with Crippen molar-refractivity contribution in [1.82, 2.24) is 25.0 Å². The second kappa shape index (κ2) is 8.60. The van der Waals surface area contributed by atoms with Gasteiger partial charge in [0.2, 0.25) is 17.7 Å². The molecular formula is C21H28N6O4. The van der Waals surface area contributed by atoms with E-state index in [0.29, 0.717) is 63.3 Å². The quantitative estimate of drug-likeness (QED) is 0.650. The molecule has 2 aromatic rings. The third-order valence-electron chi connectivity index (χ3n) is 6.14. The molecule has 1 amide bonds. The molecule has 2 aliphatic rings. The Morgan fingerprint density at radius 2 is 2.03 bits per heavy atom. The van der Waals surface area contributed by atoms with Gasteiger partial charge >= 0.3 is 5.97 Å². The third-order valence-corrected chi connectivity index (χ3v) is 6.14. The van der Waals surface area contributed by atoms with Crippen molar-refractivity contribution in [1.29, 1.82) is 0 Å². The molecular weight excluding hydrogens is 400 g/mol. The second-order valence-corrected chi connectivity index (χ2v) is 8.37. The topological polar surface area (TPSA) is 115 Å². The smallest absolute Gasteiger partial charge is 0.314 e. The van der Waals surface area contributed by atoms with Crippen LogP contribution in [0.15, 0.2) is 16.9 Å². The number of amides is 1. The Morgan fingerprint density at radius 1 is 1.26 bits per heavy atom. The van der Waals surface area contributed by atoms with E-state index in [-0.39, 0.29) is 24.2 Å². The molecule has 4 heterocycles. The largest absolute Gasteiger partial charge is 0.466 e. The molecule has 0 saturated carbocycles. The lowest BCUT2D eigenvalue weighted by molar-refractivity contribution is -0.157. The van der Waals surface area contributed by atoms with Gasteiger partial charge in [-0.05, 0) is 39.2 Å². The van der Waals surface area contributed by atoms with Gasteiger partial charge in [0.15, 0.2) is 5.82 Å². The predicted molar refractivity (Wildman–Crippen MR) is 110 cm³/mol. The summed E-state index contributed by atoms with van der Waals surface area (Å²) >= 11 is 0. The van der Waals surface area contributed by atoms with Gasteiger partial charge in [-0.1, -0.05) is 5.16 Å². The van der Waals surface area contributed by atoms with E-state index < -0.39 is 5.41 Å². The standard InChI is InChI=1S/C21H28N6O4/c1-4-30-19(29)21-6-5-7-26(18(28)8-17-24-15(3)25-31-17)11-16(21)12-27(13-21)20-22-9-14(2)10-23-20/h9-10,16H,4-8,11-13H2,1-3H3/t16-,21+/m0/s1. The molecule has 0 unspecified atom stereocenters. The van der Waals surface area contributed by atoms with Crippen molar-refractivity contribution in [2.75, 3.05) is 37.7 Å². The maximum absolute atomic E-state index is 13.1. The van der Waals surface area contributed by atoms with Gasteiger partial charge in [0.05, 0.1) is 12.0 Å². The van der Waals surface area contributed by atoms with Crippen LogP contribution in [0, 0.1) is 25.2 Å². The lowest BCUT2D eigenvalue weighted by atomic mass is 9.75. The van der Waals surface area contributed by atoms with E-state index in [4.69, 9.17) is 9.26 Å². The average Bonchev–Trinajstić information content (AvgIpc) is 3.26. The molecule has 31 heavy (non-hydrogen) atoms. The molecule has 2 aliphatic heterocycles. The lowest BCUT2D eigenvalue weighted by Gasteiger charge is -2.31. The van der Waals surface area contributed by atoms with E-state index in [0.717, 1.165) is 5.56 Å². The third kappa shape index (κ3) is 4.24. The molecule has 10 nitrogen and oxygen atoms in total. The molecule has 2 atom stereocenters. The highest BCUT2D eigenvalue weighted by molar-refractivity contribution is 5.81. The number of hydrogen-bond donors (Lipinski definition) is 0. The van der Waals surface area contributed by atoms with Gasteiger partial charge < -0.3 is 19.1 Å². The number of aryl methyl sites for hydroxylation is 2. The number of anilines is 1. The highest BCUT2D eigenvalue weighted by Gasteiger charge is 2.55. The van der Waals surface area contributed by atoms with Crippen LogP contribution in [-0.4, -0.2) is 69.7 Å². The number of rotatable bonds is 5. The van der Waals surface area contributed by atoms with Crippen molar-refractivity contribution in [2.24, 2.45) is 11.3 Å². The van der Waals surface area contributed by atoms with Crippen molar-refractivity contribution in [2.45, 2.75) is 40.0 Å². The van der Waals surface area contributed by atoms with E-state index in [1.54, 1.807) is 19.3 Å². The van der Waals surface area contributed by atoms with Gasteiger partial charge in [-0.2, -0.15) is 4.98 Å². The minimum atomic E-state index is -0.680. The number of ether oxygens (including phenoxy) is 1. The first-order valence-corrected chi connectivity index (χ1v) is 10.7. The summed E-state index contributed by atoms with van der Waals surface area (Å²) in [5.41, 5.74) is 0.297. The zero-order chi connectivity index (χ0) is 22.0. The Bertz CT molecular complexity index is 946. The Kier molecular flexibility index (Phi) is 5.88. The van der Waals surface area contributed by atoms with Crippen LogP contribution in [0.3, 0.4) is 0 Å². The van der Waals surface area contributed by atoms with Crippen LogP contribution >= 0.6 is 0 Å². The van der Waals surface area contributed by atoms with Crippen molar-refractivity contribution in [3.8, 4) is 0 Å². The highest BCUT2D eigenvalue weighted by Crippen LogP contribution is 2.44. The summed E-state index contributed by atoms with van der Waals surface area (Å²) in [4.78, 5) is 43.0. The fraction of sp³-hybridized carbons (Fsp3) is 0.619. The molecule has 0 spiro atoms. The Hall–Kier alpha value is -3.04. The fourth-order valence-corrected chi connectivity index (χ4v) is 4.62. The van der Waals surface area contributed by atoms with Gasteiger partial charge in [-0.25, -0.2) is 9.97 Å². The summed E-state index contributed by atoms with van der Waals surface area (Å²) < 4.78 is 10.6. The van der Waals surface area contributed by atoms with Crippen molar-refractivity contribution in [3.63, 3.8) is 0 Å². The normalized spacial score (nSPS) is 23.4. The fourth-order valence-electron chi connectivity index (χ4n) is 4.62. The van der Waals surface area contributed by atoms with Crippen LogP contribution in [0.5, 0.6) is 0 Å². The number of carbonyl (C=O) groups is 2. The zero-order valence-electron chi connectivity index (χ0n) is 18.2. The van der Waals surface area contributed by atoms with Gasteiger partial charge in [-0.3, -0.25) is 9.59 Å². The SMILES string of the molecule is CCOC(=O)[C@@]12CCCN(C(=O)Cc3nc(C)no3)C[C@H]1CN(c1ncc(C)cn1)C2. The molecule has 2 aromatic heterocycles. The van der Waals surface area contributed by atoms with Crippen LogP contribution in [0.1, 0.15) is 37.0 Å². The van der Waals surface area contributed by atoms with E-state index in [1.807, 2.05) is 23.6 Å². The maximum Gasteiger partial charge on any atom is 0.314 e. The molecule has 0 aliphatic carbocycles. The average molecular weight is 428 g/mol. The summed E-state index contributed by atoms with van der Waals surface area (Å²) in [5.74, 6) is 1.06. The minimum Gasteiger partial charge on any atom is -0.466 e. The molecule has 10 heteroatoms.